The van der Waals surface area contributed by atoms with Crippen LogP contribution in [0, 0.1) is 0 Å². The van der Waals surface area contributed by atoms with E-state index in [4.69, 9.17) is 0 Å². The second-order valence-corrected chi connectivity index (χ2v) is 4.10. The first-order valence-corrected chi connectivity index (χ1v) is 6.01. The van der Waals surface area contributed by atoms with Crippen LogP contribution in [0.2, 0.25) is 0 Å². The lowest BCUT2D eigenvalue weighted by Gasteiger charge is -2.31. The Kier molecular flexibility index (Phi) is 5.46. The lowest BCUT2D eigenvalue weighted by atomic mass is 10.0. The third-order valence-electron chi connectivity index (χ3n) is 2.99. The highest BCUT2D eigenvalue weighted by atomic mass is 16.2. The van der Waals surface area contributed by atoms with Crippen molar-refractivity contribution in [3.8, 4) is 0 Å². The summed E-state index contributed by atoms with van der Waals surface area (Å²) in [6, 6.07) is 0.215. The highest BCUT2D eigenvalue weighted by Gasteiger charge is 2.23. The number of rotatable bonds is 4. The number of nitrogens with zero attached hydrogens (tertiary/aromatic N) is 1. The molecule has 0 bridgehead atoms. The molecule has 0 aromatic heterocycles. The molecule has 0 spiro atoms. The van der Waals surface area contributed by atoms with Gasteiger partial charge in [-0.3, -0.25) is 9.59 Å². The van der Waals surface area contributed by atoms with Crippen molar-refractivity contribution < 1.29 is 9.59 Å². The van der Waals surface area contributed by atoms with Gasteiger partial charge in [0.05, 0.1) is 0 Å². The fraction of sp³-hybridized carbons (Fsp3) is 0.538. The number of hydrogen-bond donors (Lipinski definition) is 1. The molecule has 0 unspecified atom stereocenters. The van der Waals surface area contributed by atoms with E-state index in [1.807, 2.05) is 37.0 Å². The summed E-state index contributed by atoms with van der Waals surface area (Å²) < 4.78 is 0. The fourth-order valence-corrected chi connectivity index (χ4v) is 2.00. The van der Waals surface area contributed by atoms with Crippen molar-refractivity contribution in [2.45, 2.75) is 32.7 Å². The van der Waals surface area contributed by atoms with Crippen LogP contribution >= 0.6 is 0 Å². The molecule has 4 heteroatoms. The van der Waals surface area contributed by atoms with Gasteiger partial charge >= 0.3 is 0 Å². The monoisotopic (exact) mass is 236 g/mol. The predicted octanol–water partition coefficient (Wildman–Crippen LogP) is 1.25. The van der Waals surface area contributed by atoms with Gasteiger partial charge < -0.3 is 10.2 Å². The number of allylic oxidation sites excluding steroid dienone is 2. The largest absolute Gasteiger partial charge is 0.356 e. The number of amides is 2. The molecule has 1 aliphatic heterocycles. The van der Waals surface area contributed by atoms with Gasteiger partial charge in [-0.2, -0.15) is 0 Å². The van der Waals surface area contributed by atoms with Crippen LogP contribution in [0.1, 0.15) is 26.7 Å². The minimum absolute atomic E-state index is 0.0788. The van der Waals surface area contributed by atoms with E-state index >= 15 is 0 Å². The maximum absolute atomic E-state index is 12.1. The van der Waals surface area contributed by atoms with E-state index in [1.54, 1.807) is 0 Å². The van der Waals surface area contributed by atoms with Crippen LogP contribution in [0.4, 0.5) is 0 Å². The molecule has 0 aromatic rings. The molecule has 2 amide bonds. The molecule has 0 saturated carbocycles. The van der Waals surface area contributed by atoms with Gasteiger partial charge in [-0.05, 0) is 26.7 Å². The molecule has 1 saturated heterocycles. The minimum atomic E-state index is 0.0788. The summed E-state index contributed by atoms with van der Waals surface area (Å²) in [6.45, 7) is 5.18. The molecule has 1 N–H and O–H groups in total. The molecule has 1 rings (SSSR count). The Morgan fingerprint density at radius 2 is 1.94 bits per heavy atom. The molecule has 1 heterocycles. The summed E-state index contributed by atoms with van der Waals surface area (Å²) in [5, 5.41) is 2.77. The van der Waals surface area contributed by atoms with Gasteiger partial charge in [0.1, 0.15) is 0 Å². The Morgan fingerprint density at radius 3 is 2.41 bits per heavy atom. The highest BCUT2D eigenvalue weighted by molar-refractivity contribution is 5.96. The molecular formula is C13H20N2O2. The summed E-state index contributed by atoms with van der Waals surface area (Å²) in [5.74, 6) is 0.0788. The number of likely N-dealkylation sites (tertiary alicyclic amines) is 1. The Balaban J connectivity index is 2.53. The number of hydrogen-bond acceptors (Lipinski definition) is 2. The third-order valence-corrected chi connectivity index (χ3v) is 2.99. The van der Waals surface area contributed by atoms with E-state index in [0.717, 1.165) is 24.8 Å². The van der Waals surface area contributed by atoms with Gasteiger partial charge in [0.2, 0.25) is 6.41 Å². The average Bonchev–Trinajstić information content (AvgIpc) is 2.36. The lowest BCUT2D eigenvalue weighted by molar-refractivity contribution is -0.127. The van der Waals surface area contributed by atoms with Crippen LogP contribution < -0.4 is 5.32 Å². The molecule has 1 fully saturated rings. The number of nitrogens with one attached hydrogen (secondary N) is 1. The Bertz CT molecular complexity index is 326. The summed E-state index contributed by atoms with van der Waals surface area (Å²) in [5.41, 5.74) is 0.731. The Labute approximate surface area is 102 Å². The summed E-state index contributed by atoms with van der Waals surface area (Å²) in [4.78, 5) is 24.3. The van der Waals surface area contributed by atoms with Crippen molar-refractivity contribution in [2.24, 2.45) is 0 Å². The fourth-order valence-electron chi connectivity index (χ4n) is 2.00. The smallest absolute Gasteiger partial charge is 0.253 e. The summed E-state index contributed by atoms with van der Waals surface area (Å²) >= 11 is 0. The zero-order valence-corrected chi connectivity index (χ0v) is 10.5. The first kappa shape index (κ1) is 13.5. The molecule has 4 nitrogen and oxygen atoms in total. The van der Waals surface area contributed by atoms with Crippen LogP contribution in [0.25, 0.3) is 0 Å². The maximum atomic E-state index is 12.1. The quantitative estimate of drug-likeness (QED) is 0.453. The topological polar surface area (TPSA) is 49.4 Å². The van der Waals surface area contributed by atoms with Gasteiger partial charge in [-0.15, -0.1) is 0 Å². The van der Waals surface area contributed by atoms with Crippen molar-refractivity contribution in [1.29, 1.82) is 0 Å². The van der Waals surface area contributed by atoms with Gasteiger partial charge in [0, 0.05) is 24.7 Å². The Morgan fingerprint density at radius 1 is 1.29 bits per heavy atom. The van der Waals surface area contributed by atoms with Crippen molar-refractivity contribution >= 4 is 12.3 Å². The third kappa shape index (κ3) is 3.73. The van der Waals surface area contributed by atoms with E-state index in [9.17, 15) is 9.59 Å². The van der Waals surface area contributed by atoms with Crippen molar-refractivity contribution in [3.63, 3.8) is 0 Å². The van der Waals surface area contributed by atoms with Crippen LogP contribution in [-0.4, -0.2) is 36.3 Å². The second-order valence-electron chi connectivity index (χ2n) is 4.10. The zero-order valence-electron chi connectivity index (χ0n) is 10.5. The van der Waals surface area contributed by atoms with E-state index in [0.29, 0.717) is 13.1 Å². The second kappa shape index (κ2) is 6.89. The van der Waals surface area contributed by atoms with E-state index < -0.39 is 0 Å². The van der Waals surface area contributed by atoms with Gasteiger partial charge in [0.25, 0.3) is 5.91 Å². The lowest BCUT2D eigenvalue weighted by Crippen LogP contribution is -2.44. The zero-order chi connectivity index (χ0) is 12.7. The Hall–Kier alpha value is -1.58. The van der Waals surface area contributed by atoms with Crippen molar-refractivity contribution in [2.75, 3.05) is 13.1 Å². The van der Waals surface area contributed by atoms with Gasteiger partial charge in [-0.25, -0.2) is 0 Å². The molecule has 0 aromatic carbocycles. The first-order valence-electron chi connectivity index (χ1n) is 6.01. The predicted molar refractivity (Wildman–Crippen MR) is 67.4 cm³/mol. The van der Waals surface area contributed by atoms with Crippen LogP contribution in [0.15, 0.2) is 23.8 Å². The molecular weight excluding hydrogens is 216 g/mol. The molecule has 0 radical (unpaired) electrons. The molecule has 94 valence electrons. The van der Waals surface area contributed by atoms with Crippen LogP contribution in [0.5, 0.6) is 0 Å². The van der Waals surface area contributed by atoms with Crippen molar-refractivity contribution in [1.82, 2.24) is 10.2 Å². The van der Waals surface area contributed by atoms with Crippen molar-refractivity contribution in [3.05, 3.63) is 23.8 Å². The van der Waals surface area contributed by atoms with E-state index in [-0.39, 0.29) is 11.9 Å². The normalized spacial score (nSPS) is 18.5. The summed E-state index contributed by atoms with van der Waals surface area (Å²) in [6.07, 6.45) is 7.93. The molecule has 0 aliphatic carbocycles. The maximum Gasteiger partial charge on any atom is 0.253 e. The minimum Gasteiger partial charge on any atom is -0.356 e. The van der Waals surface area contributed by atoms with Gasteiger partial charge in [0.15, 0.2) is 0 Å². The highest BCUT2D eigenvalue weighted by Crippen LogP contribution is 2.13. The average molecular weight is 236 g/mol. The van der Waals surface area contributed by atoms with Gasteiger partial charge in [-0.1, -0.05) is 18.2 Å². The van der Waals surface area contributed by atoms with Crippen LogP contribution in [0.3, 0.4) is 0 Å². The first-order chi connectivity index (χ1) is 8.22. The van der Waals surface area contributed by atoms with E-state index in [1.165, 1.54) is 0 Å². The molecule has 17 heavy (non-hydrogen) atoms. The van der Waals surface area contributed by atoms with Crippen LogP contribution in [-0.2, 0) is 9.59 Å². The number of piperidine rings is 1. The number of carbonyl (C=O) groups is 2. The molecule has 1 aliphatic rings. The SMILES string of the molecule is C/C=C\C(=C/C)C(=O)N1CCC(NC=O)CC1. The summed E-state index contributed by atoms with van der Waals surface area (Å²) in [7, 11) is 0. The standard InChI is InChI=1S/C13H20N2O2/c1-3-5-11(4-2)13(17)15-8-6-12(7-9-15)14-10-16/h3-5,10,12H,6-9H2,1-2H3,(H,14,16)/b5-3-,11-4+. The van der Waals surface area contributed by atoms with E-state index in [2.05, 4.69) is 5.32 Å². The molecule has 0 atom stereocenters. The number of carbonyl (C=O) groups excluding carboxylic acids is 2.